The van der Waals surface area contributed by atoms with Gasteiger partial charge in [0.05, 0.1) is 22.4 Å². The Morgan fingerprint density at radius 1 is 1.42 bits per heavy atom. The molecular weight excluding hydrogens is 326 g/mol. The molecule has 2 N–H and O–H groups in total. The summed E-state index contributed by atoms with van der Waals surface area (Å²) in [7, 11) is 1.80. The van der Waals surface area contributed by atoms with Crippen LogP contribution in [0.3, 0.4) is 0 Å². The number of hydrogen-bond acceptors (Lipinski definition) is 5. The first kappa shape index (κ1) is 16.5. The summed E-state index contributed by atoms with van der Waals surface area (Å²) in [4.78, 5) is 14.1. The third-order valence-corrected chi connectivity index (χ3v) is 5.11. The van der Waals surface area contributed by atoms with Crippen molar-refractivity contribution < 1.29 is 14.3 Å². The molecule has 24 heavy (non-hydrogen) atoms. The molecule has 1 unspecified atom stereocenters. The molecule has 3 heterocycles. The highest BCUT2D eigenvalue weighted by Crippen LogP contribution is 2.31. The molecule has 0 spiro atoms. The Kier molecular flexibility index (Phi) is 4.55. The number of aryl methyl sites for hydroxylation is 2. The predicted molar refractivity (Wildman–Crippen MR) is 92.0 cm³/mol. The smallest absolute Gasteiger partial charge is 0.255 e. The summed E-state index contributed by atoms with van der Waals surface area (Å²) in [6, 6.07) is 7.45. The molecule has 0 aliphatic carbocycles. The van der Waals surface area contributed by atoms with Crippen LogP contribution < -0.4 is 5.32 Å². The van der Waals surface area contributed by atoms with Gasteiger partial charge in [-0.2, -0.15) is 5.10 Å². The molecule has 3 aromatic rings. The van der Waals surface area contributed by atoms with Crippen molar-refractivity contribution in [3.8, 4) is 10.6 Å². The van der Waals surface area contributed by atoms with E-state index in [1.807, 2.05) is 31.2 Å². The molecule has 6 nitrogen and oxygen atoms in total. The van der Waals surface area contributed by atoms with Gasteiger partial charge in [-0.05, 0) is 38.1 Å². The van der Waals surface area contributed by atoms with Crippen LogP contribution in [0.15, 0.2) is 34.9 Å². The standard InChI is InChI=1S/C17H19N3O3S/c1-10-16(11(2)20(3)19-10)17(22)18-9-12(21)14-6-7-15(24-14)13-5-4-8-23-13/h4-8,12,21H,9H2,1-3H3,(H,18,22). The summed E-state index contributed by atoms with van der Waals surface area (Å²) in [5.41, 5.74) is 2.04. The molecule has 0 radical (unpaired) electrons. The number of aliphatic hydroxyl groups is 1. The summed E-state index contributed by atoms with van der Waals surface area (Å²) < 4.78 is 7.02. The third-order valence-electron chi connectivity index (χ3n) is 3.91. The zero-order valence-electron chi connectivity index (χ0n) is 13.7. The molecular formula is C17H19N3O3S. The van der Waals surface area contributed by atoms with Crippen molar-refractivity contribution >= 4 is 17.2 Å². The van der Waals surface area contributed by atoms with Gasteiger partial charge in [0, 0.05) is 24.2 Å². The number of hydrogen-bond donors (Lipinski definition) is 2. The van der Waals surface area contributed by atoms with Crippen LogP contribution in [-0.4, -0.2) is 27.3 Å². The fourth-order valence-corrected chi connectivity index (χ4v) is 3.53. The van der Waals surface area contributed by atoms with Gasteiger partial charge in [-0.3, -0.25) is 9.48 Å². The van der Waals surface area contributed by atoms with E-state index in [2.05, 4.69) is 10.4 Å². The Balaban J connectivity index is 1.65. The Bertz CT molecular complexity index is 849. The van der Waals surface area contributed by atoms with Gasteiger partial charge in [0.2, 0.25) is 0 Å². The molecule has 0 saturated carbocycles. The lowest BCUT2D eigenvalue weighted by molar-refractivity contribution is 0.0916. The number of rotatable bonds is 5. The van der Waals surface area contributed by atoms with E-state index in [0.29, 0.717) is 11.3 Å². The zero-order valence-corrected chi connectivity index (χ0v) is 14.6. The largest absolute Gasteiger partial charge is 0.464 e. The van der Waals surface area contributed by atoms with Crippen molar-refractivity contribution in [3.05, 3.63) is 52.4 Å². The summed E-state index contributed by atoms with van der Waals surface area (Å²) in [5, 5.41) is 17.3. The summed E-state index contributed by atoms with van der Waals surface area (Å²) in [6.45, 7) is 3.79. The minimum absolute atomic E-state index is 0.144. The average molecular weight is 345 g/mol. The summed E-state index contributed by atoms with van der Waals surface area (Å²) in [6.07, 6.45) is 0.851. The van der Waals surface area contributed by atoms with Crippen LogP contribution >= 0.6 is 11.3 Å². The average Bonchev–Trinajstić information content (AvgIpc) is 3.26. The summed E-state index contributed by atoms with van der Waals surface area (Å²) >= 11 is 1.45. The Hall–Kier alpha value is -2.38. The number of aliphatic hydroxyl groups excluding tert-OH is 1. The van der Waals surface area contributed by atoms with Crippen molar-refractivity contribution in [2.45, 2.75) is 20.0 Å². The second-order valence-corrected chi connectivity index (χ2v) is 6.69. The Morgan fingerprint density at radius 3 is 2.83 bits per heavy atom. The minimum atomic E-state index is -0.764. The van der Waals surface area contributed by atoms with E-state index in [-0.39, 0.29) is 12.5 Å². The number of carbonyl (C=O) groups is 1. The SMILES string of the molecule is Cc1nn(C)c(C)c1C(=O)NCC(O)c1ccc(-c2ccco2)s1. The van der Waals surface area contributed by atoms with Crippen LogP contribution in [0.4, 0.5) is 0 Å². The van der Waals surface area contributed by atoms with Crippen molar-refractivity contribution in [1.82, 2.24) is 15.1 Å². The molecule has 3 rings (SSSR count). The number of amides is 1. The van der Waals surface area contributed by atoms with Gasteiger partial charge in [-0.1, -0.05) is 0 Å². The monoisotopic (exact) mass is 345 g/mol. The van der Waals surface area contributed by atoms with Crippen molar-refractivity contribution in [1.29, 1.82) is 0 Å². The maximum Gasteiger partial charge on any atom is 0.255 e. The van der Waals surface area contributed by atoms with Gasteiger partial charge in [0.15, 0.2) is 0 Å². The molecule has 0 aliphatic rings. The quantitative estimate of drug-likeness (QED) is 0.745. The molecule has 126 valence electrons. The first-order chi connectivity index (χ1) is 11.5. The zero-order chi connectivity index (χ0) is 17.3. The lowest BCUT2D eigenvalue weighted by atomic mass is 10.2. The number of carbonyl (C=O) groups excluding carboxylic acids is 1. The van der Waals surface area contributed by atoms with E-state index < -0.39 is 6.10 Å². The molecule has 0 fully saturated rings. The van der Waals surface area contributed by atoms with Crippen molar-refractivity contribution in [2.24, 2.45) is 7.05 Å². The van der Waals surface area contributed by atoms with E-state index in [1.54, 1.807) is 24.9 Å². The van der Waals surface area contributed by atoms with Crippen LogP contribution in [0.1, 0.15) is 32.7 Å². The maximum absolute atomic E-state index is 12.3. The van der Waals surface area contributed by atoms with Crippen LogP contribution in [-0.2, 0) is 7.05 Å². The minimum Gasteiger partial charge on any atom is -0.464 e. The highest BCUT2D eigenvalue weighted by Gasteiger charge is 2.19. The third kappa shape index (κ3) is 3.13. The van der Waals surface area contributed by atoms with Crippen LogP contribution in [0, 0.1) is 13.8 Å². The topological polar surface area (TPSA) is 80.3 Å². The summed E-state index contributed by atoms with van der Waals surface area (Å²) in [5.74, 6) is 0.545. The molecule has 0 bridgehead atoms. The van der Waals surface area contributed by atoms with Crippen LogP contribution in [0.2, 0.25) is 0 Å². The lowest BCUT2D eigenvalue weighted by Crippen LogP contribution is -2.29. The second kappa shape index (κ2) is 6.62. The number of nitrogens with one attached hydrogen (secondary N) is 1. The van der Waals surface area contributed by atoms with Gasteiger partial charge in [-0.15, -0.1) is 11.3 Å². The molecule has 1 amide bonds. The fourth-order valence-electron chi connectivity index (χ4n) is 2.56. The van der Waals surface area contributed by atoms with Gasteiger partial charge < -0.3 is 14.8 Å². The number of thiophene rings is 1. The fraction of sp³-hybridized carbons (Fsp3) is 0.294. The van der Waals surface area contributed by atoms with Gasteiger partial charge >= 0.3 is 0 Å². The lowest BCUT2D eigenvalue weighted by Gasteiger charge is -2.10. The molecule has 1 atom stereocenters. The van der Waals surface area contributed by atoms with E-state index in [0.717, 1.165) is 21.2 Å². The van der Waals surface area contributed by atoms with E-state index in [4.69, 9.17) is 4.42 Å². The van der Waals surface area contributed by atoms with E-state index in [1.165, 1.54) is 11.3 Å². The molecule has 0 aliphatic heterocycles. The van der Waals surface area contributed by atoms with Crippen LogP contribution in [0.5, 0.6) is 0 Å². The predicted octanol–water partition coefficient (Wildman–Crippen LogP) is 2.82. The highest BCUT2D eigenvalue weighted by atomic mass is 32.1. The van der Waals surface area contributed by atoms with Gasteiger partial charge in [0.1, 0.15) is 11.9 Å². The second-order valence-electron chi connectivity index (χ2n) is 5.57. The Labute approximate surface area is 143 Å². The van der Waals surface area contributed by atoms with E-state index >= 15 is 0 Å². The highest BCUT2D eigenvalue weighted by molar-refractivity contribution is 7.15. The number of furan rings is 1. The maximum atomic E-state index is 12.3. The van der Waals surface area contributed by atoms with Crippen molar-refractivity contribution in [2.75, 3.05) is 6.54 Å². The van der Waals surface area contributed by atoms with Crippen LogP contribution in [0.25, 0.3) is 10.6 Å². The normalized spacial score (nSPS) is 12.3. The first-order valence-electron chi connectivity index (χ1n) is 7.57. The van der Waals surface area contributed by atoms with E-state index in [9.17, 15) is 9.90 Å². The van der Waals surface area contributed by atoms with Gasteiger partial charge in [-0.25, -0.2) is 0 Å². The Morgan fingerprint density at radius 2 is 2.21 bits per heavy atom. The number of aromatic nitrogens is 2. The van der Waals surface area contributed by atoms with Crippen molar-refractivity contribution in [3.63, 3.8) is 0 Å². The molecule has 0 aromatic carbocycles. The first-order valence-corrected chi connectivity index (χ1v) is 8.39. The number of nitrogens with zero attached hydrogens (tertiary/aromatic N) is 2. The molecule has 7 heteroatoms. The molecule has 0 saturated heterocycles. The molecule has 3 aromatic heterocycles. The van der Waals surface area contributed by atoms with Gasteiger partial charge in [0.25, 0.3) is 5.91 Å².